The molecule has 0 spiro atoms. The molecule has 3 aromatic heterocycles. The van der Waals surface area contributed by atoms with Crippen molar-refractivity contribution in [2.45, 2.75) is 19.0 Å². The number of aromatic nitrogens is 5. The van der Waals surface area contributed by atoms with E-state index in [0.717, 1.165) is 11.4 Å². The van der Waals surface area contributed by atoms with Gasteiger partial charge in [-0.15, -0.1) is 10.2 Å². The van der Waals surface area contributed by atoms with Crippen LogP contribution in [0.2, 0.25) is 0 Å². The van der Waals surface area contributed by atoms with Crippen molar-refractivity contribution in [3.8, 4) is 0 Å². The van der Waals surface area contributed by atoms with E-state index in [-0.39, 0.29) is 5.78 Å². The van der Waals surface area contributed by atoms with Gasteiger partial charge in [0.15, 0.2) is 10.9 Å². The topological polar surface area (TPSA) is 75.9 Å². The van der Waals surface area contributed by atoms with Gasteiger partial charge in [0.05, 0.1) is 11.4 Å². The van der Waals surface area contributed by atoms with E-state index in [4.69, 9.17) is 0 Å². The summed E-state index contributed by atoms with van der Waals surface area (Å²) in [4.78, 5) is 19.2. The third-order valence-corrected chi connectivity index (χ3v) is 3.82. The summed E-state index contributed by atoms with van der Waals surface area (Å²) < 4.78 is 1.86. The lowest BCUT2D eigenvalue weighted by Gasteiger charge is -2.03. The maximum Gasteiger partial charge on any atom is 0.256 e. The molecule has 0 saturated carbocycles. The summed E-state index contributed by atoms with van der Waals surface area (Å²) in [5, 5.41) is 8.83. The molecule has 102 valence electrons. The molecule has 20 heavy (non-hydrogen) atoms. The molecule has 3 heterocycles. The minimum atomic E-state index is 0.0365. The van der Waals surface area contributed by atoms with E-state index < -0.39 is 0 Å². The van der Waals surface area contributed by atoms with Crippen molar-refractivity contribution in [1.82, 2.24) is 24.6 Å². The molecule has 0 aliphatic heterocycles. The first-order chi connectivity index (χ1) is 9.65. The molecule has 7 heteroatoms. The van der Waals surface area contributed by atoms with Crippen molar-refractivity contribution < 1.29 is 4.79 Å². The molecule has 0 fully saturated rings. The van der Waals surface area contributed by atoms with E-state index >= 15 is 0 Å². The number of H-pyrrole nitrogens is 1. The fraction of sp³-hybridized carbons (Fsp3) is 0.231. The summed E-state index contributed by atoms with van der Waals surface area (Å²) in [6.07, 6.45) is 1.74. The molecule has 0 saturated heterocycles. The summed E-state index contributed by atoms with van der Waals surface area (Å²) in [6, 6.07) is 5.54. The number of ketones is 1. The van der Waals surface area contributed by atoms with Crippen molar-refractivity contribution in [1.29, 1.82) is 0 Å². The standard InChI is InChI=1S/C13H13N5OS/c1-8-6-9(2)18-12(15-8)16-17-13(18)20-7-11(19)10-4-3-5-14-10/h3-6,14H,7H2,1-2H3. The molecule has 0 amide bonds. The van der Waals surface area contributed by atoms with Crippen LogP contribution >= 0.6 is 11.8 Å². The number of hydrogen-bond acceptors (Lipinski definition) is 5. The van der Waals surface area contributed by atoms with Gasteiger partial charge in [0.1, 0.15) is 0 Å². The normalized spacial score (nSPS) is 11.1. The zero-order valence-corrected chi connectivity index (χ0v) is 11.9. The largest absolute Gasteiger partial charge is 0.359 e. The first-order valence-electron chi connectivity index (χ1n) is 6.14. The summed E-state index contributed by atoms with van der Waals surface area (Å²) in [7, 11) is 0. The Hall–Kier alpha value is -2.15. The molecule has 0 unspecified atom stereocenters. The van der Waals surface area contributed by atoms with E-state index in [1.165, 1.54) is 11.8 Å². The van der Waals surface area contributed by atoms with E-state index in [1.54, 1.807) is 18.3 Å². The number of thioether (sulfide) groups is 1. The third-order valence-electron chi connectivity index (χ3n) is 2.89. The average molecular weight is 287 g/mol. The summed E-state index contributed by atoms with van der Waals surface area (Å²) >= 11 is 1.36. The third kappa shape index (κ3) is 2.32. The highest BCUT2D eigenvalue weighted by Crippen LogP contribution is 2.19. The molecular weight excluding hydrogens is 274 g/mol. The van der Waals surface area contributed by atoms with Crippen molar-refractivity contribution in [2.75, 3.05) is 5.75 Å². The number of hydrogen-bond donors (Lipinski definition) is 1. The highest BCUT2D eigenvalue weighted by atomic mass is 32.2. The predicted molar refractivity (Wildman–Crippen MR) is 76.1 cm³/mol. The molecule has 1 N–H and O–H groups in total. The van der Waals surface area contributed by atoms with Crippen LogP contribution in [0.5, 0.6) is 0 Å². The maximum atomic E-state index is 12.0. The molecule has 0 radical (unpaired) electrons. The smallest absolute Gasteiger partial charge is 0.256 e. The predicted octanol–water partition coefficient (Wildman–Crippen LogP) is 2.04. The lowest BCUT2D eigenvalue weighted by Crippen LogP contribution is -2.04. The second-order valence-electron chi connectivity index (χ2n) is 4.45. The Bertz CT molecular complexity index is 763. The van der Waals surface area contributed by atoms with E-state index in [9.17, 15) is 4.79 Å². The van der Waals surface area contributed by atoms with Gasteiger partial charge in [-0.05, 0) is 32.0 Å². The lowest BCUT2D eigenvalue weighted by molar-refractivity contribution is 0.101. The van der Waals surface area contributed by atoms with Gasteiger partial charge in [-0.1, -0.05) is 11.8 Å². The zero-order chi connectivity index (χ0) is 14.1. The minimum Gasteiger partial charge on any atom is -0.359 e. The maximum absolute atomic E-state index is 12.0. The second kappa shape index (κ2) is 5.09. The Morgan fingerprint density at radius 2 is 2.25 bits per heavy atom. The summed E-state index contributed by atoms with van der Waals surface area (Å²) in [6.45, 7) is 3.89. The SMILES string of the molecule is Cc1cc(C)n2c(SCC(=O)c3ccc[nH]3)nnc2n1. The quantitative estimate of drug-likeness (QED) is 0.587. The van der Waals surface area contributed by atoms with Gasteiger partial charge in [-0.3, -0.25) is 9.20 Å². The molecule has 0 aromatic carbocycles. The van der Waals surface area contributed by atoms with Crippen LogP contribution in [0.1, 0.15) is 21.9 Å². The van der Waals surface area contributed by atoms with Gasteiger partial charge in [0, 0.05) is 17.6 Å². The Morgan fingerprint density at radius 3 is 3.00 bits per heavy atom. The van der Waals surface area contributed by atoms with Crippen molar-refractivity contribution in [3.63, 3.8) is 0 Å². The van der Waals surface area contributed by atoms with Gasteiger partial charge < -0.3 is 4.98 Å². The van der Waals surface area contributed by atoms with E-state index in [1.807, 2.05) is 24.3 Å². The van der Waals surface area contributed by atoms with Crippen molar-refractivity contribution in [3.05, 3.63) is 41.5 Å². The van der Waals surface area contributed by atoms with Gasteiger partial charge in [0.25, 0.3) is 5.78 Å². The number of aromatic amines is 1. The first kappa shape index (κ1) is 12.9. The number of Topliss-reactive ketones (excluding diaryl/α,β-unsaturated/α-hetero) is 1. The van der Waals surface area contributed by atoms with Gasteiger partial charge >= 0.3 is 0 Å². The first-order valence-corrected chi connectivity index (χ1v) is 7.12. The van der Waals surface area contributed by atoms with Gasteiger partial charge in [-0.25, -0.2) is 4.98 Å². The molecule has 3 aromatic rings. The number of nitrogens with zero attached hydrogens (tertiary/aromatic N) is 4. The monoisotopic (exact) mass is 287 g/mol. The molecule has 0 aliphatic rings. The Kier molecular flexibility index (Phi) is 3.27. The summed E-state index contributed by atoms with van der Waals surface area (Å²) in [5.41, 5.74) is 2.52. The number of carbonyl (C=O) groups is 1. The Morgan fingerprint density at radius 1 is 1.40 bits per heavy atom. The van der Waals surface area contributed by atoms with Gasteiger partial charge in [0.2, 0.25) is 0 Å². The molecular formula is C13H13N5OS. The number of aryl methyl sites for hydroxylation is 2. The number of nitrogens with one attached hydrogen (secondary N) is 1. The van der Waals surface area contributed by atoms with Crippen LogP contribution in [0.3, 0.4) is 0 Å². The van der Waals surface area contributed by atoms with Crippen LogP contribution in [0.15, 0.2) is 29.6 Å². The van der Waals surface area contributed by atoms with Crippen molar-refractivity contribution in [2.24, 2.45) is 0 Å². The van der Waals surface area contributed by atoms with Crippen LogP contribution in [0.4, 0.5) is 0 Å². The number of fused-ring (bicyclic) bond motifs is 1. The van der Waals surface area contributed by atoms with Gasteiger partial charge in [-0.2, -0.15) is 0 Å². The lowest BCUT2D eigenvalue weighted by atomic mass is 10.3. The van der Waals surface area contributed by atoms with Crippen LogP contribution < -0.4 is 0 Å². The highest BCUT2D eigenvalue weighted by molar-refractivity contribution is 7.99. The Labute approximate surface area is 119 Å². The van der Waals surface area contributed by atoms with Crippen LogP contribution in [0.25, 0.3) is 5.78 Å². The summed E-state index contributed by atoms with van der Waals surface area (Å²) in [5.74, 6) is 0.918. The van der Waals surface area contributed by atoms with Crippen LogP contribution in [-0.4, -0.2) is 36.1 Å². The average Bonchev–Trinajstić information content (AvgIpc) is 3.04. The Balaban J connectivity index is 1.83. The van der Waals surface area contributed by atoms with E-state index in [0.29, 0.717) is 22.4 Å². The molecule has 0 bridgehead atoms. The highest BCUT2D eigenvalue weighted by Gasteiger charge is 2.13. The zero-order valence-electron chi connectivity index (χ0n) is 11.1. The molecule has 0 atom stereocenters. The number of rotatable bonds is 4. The van der Waals surface area contributed by atoms with Crippen molar-refractivity contribution >= 4 is 23.3 Å². The van der Waals surface area contributed by atoms with Crippen LogP contribution in [0, 0.1) is 13.8 Å². The van der Waals surface area contributed by atoms with Crippen LogP contribution in [-0.2, 0) is 0 Å². The molecule has 6 nitrogen and oxygen atoms in total. The molecule has 3 rings (SSSR count). The fourth-order valence-corrected chi connectivity index (χ4v) is 2.87. The minimum absolute atomic E-state index is 0.0365. The molecule has 0 aliphatic carbocycles. The van der Waals surface area contributed by atoms with E-state index in [2.05, 4.69) is 20.2 Å². The number of carbonyl (C=O) groups excluding carboxylic acids is 1. The second-order valence-corrected chi connectivity index (χ2v) is 5.40. The fourth-order valence-electron chi connectivity index (χ4n) is 2.01.